The lowest BCUT2D eigenvalue weighted by atomic mass is 10.2. The molecule has 0 aliphatic rings. The molecule has 0 saturated heterocycles. The number of anilines is 4. The molecule has 1 N–H and O–H groups in total. The van der Waals surface area contributed by atoms with Crippen molar-refractivity contribution >= 4 is 44.8 Å². The van der Waals surface area contributed by atoms with E-state index < -0.39 is 16.7 Å². The van der Waals surface area contributed by atoms with Gasteiger partial charge >= 0.3 is 6.18 Å². The number of hydrogen-bond donors (Lipinski definition) is 1. The summed E-state index contributed by atoms with van der Waals surface area (Å²) >= 11 is 3.30. The van der Waals surface area contributed by atoms with Crippen molar-refractivity contribution in [1.29, 1.82) is 0 Å². The third-order valence-electron chi connectivity index (χ3n) is 3.94. The van der Waals surface area contributed by atoms with Crippen LogP contribution in [-0.2, 0) is 6.18 Å². The molecule has 0 unspecified atom stereocenters. The van der Waals surface area contributed by atoms with Gasteiger partial charge < -0.3 is 10.2 Å². The lowest BCUT2D eigenvalue weighted by Gasteiger charge is -2.22. The zero-order valence-electron chi connectivity index (χ0n) is 14.8. The van der Waals surface area contributed by atoms with Crippen LogP contribution < -0.4 is 10.2 Å². The highest BCUT2D eigenvalue weighted by Crippen LogP contribution is 2.38. The van der Waals surface area contributed by atoms with Gasteiger partial charge in [0.15, 0.2) is 5.82 Å². The molecule has 0 fully saturated rings. The van der Waals surface area contributed by atoms with E-state index in [-0.39, 0.29) is 17.5 Å². The number of nitrogens with one attached hydrogen (secondary N) is 1. The van der Waals surface area contributed by atoms with Crippen LogP contribution in [0.3, 0.4) is 0 Å². The van der Waals surface area contributed by atoms with Crippen LogP contribution in [0.1, 0.15) is 5.56 Å². The molecule has 0 saturated carbocycles. The second-order valence-electron chi connectivity index (χ2n) is 5.89. The van der Waals surface area contributed by atoms with Crippen LogP contribution >= 0.6 is 15.9 Å². The Balaban J connectivity index is 1.99. The van der Waals surface area contributed by atoms with Crippen LogP contribution in [-0.4, -0.2) is 21.9 Å². The molecule has 7 nitrogen and oxygen atoms in total. The van der Waals surface area contributed by atoms with E-state index in [1.54, 1.807) is 24.3 Å². The van der Waals surface area contributed by atoms with Crippen LogP contribution in [0.25, 0.3) is 0 Å². The van der Waals surface area contributed by atoms with Gasteiger partial charge in [0.2, 0.25) is 5.95 Å². The van der Waals surface area contributed by atoms with Crippen molar-refractivity contribution in [3.05, 3.63) is 74.9 Å². The smallest absolute Gasteiger partial charge is 0.329 e. The first-order valence-corrected chi connectivity index (χ1v) is 8.89. The van der Waals surface area contributed by atoms with Crippen molar-refractivity contribution in [2.45, 2.75) is 6.18 Å². The fraction of sp³-hybridized carbons (Fsp3) is 0.111. The second-order valence-corrected chi connectivity index (χ2v) is 6.81. The van der Waals surface area contributed by atoms with Gasteiger partial charge in [0, 0.05) is 41.2 Å². The van der Waals surface area contributed by atoms with Gasteiger partial charge in [0.25, 0.3) is 5.69 Å². The molecule has 3 rings (SSSR count). The molecule has 0 aliphatic heterocycles. The number of halogens is 4. The van der Waals surface area contributed by atoms with Gasteiger partial charge in [0.1, 0.15) is 5.56 Å². The molecule has 29 heavy (non-hydrogen) atoms. The number of aromatic nitrogens is 2. The van der Waals surface area contributed by atoms with Gasteiger partial charge in [0.05, 0.1) is 4.92 Å². The fourth-order valence-electron chi connectivity index (χ4n) is 2.47. The Kier molecular flexibility index (Phi) is 5.69. The molecule has 0 atom stereocenters. The highest BCUT2D eigenvalue weighted by molar-refractivity contribution is 9.10. The summed E-state index contributed by atoms with van der Waals surface area (Å²) in [6, 6.07) is 12.1. The van der Waals surface area contributed by atoms with E-state index >= 15 is 0 Å². The van der Waals surface area contributed by atoms with E-state index in [1.807, 2.05) is 0 Å². The Bertz CT molecular complexity index is 1030. The minimum Gasteiger partial charge on any atom is -0.329 e. The van der Waals surface area contributed by atoms with Crippen molar-refractivity contribution in [3.63, 3.8) is 0 Å². The van der Waals surface area contributed by atoms with Crippen molar-refractivity contribution < 1.29 is 18.1 Å². The predicted molar refractivity (Wildman–Crippen MR) is 106 cm³/mol. The summed E-state index contributed by atoms with van der Waals surface area (Å²) in [6.07, 6.45) is -3.98. The molecule has 0 bridgehead atoms. The van der Waals surface area contributed by atoms with Crippen LogP contribution in [0.4, 0.5) is 42.0 Å². The van der Waals surface area contributed by atoms with Crippen LogP contribution in [0.2, 0.25) is 0 Å². The van der Waals surface area contributed by atoms with Crippen molar-refractivity contribution in [1.82, 2.24) is 9.97 Å². The van der Waals surface area contributed by atoms with Crippen molar-refractivity contribution in [2.75, 3.05) is 17.3 Å². The molecule has 3 aromatic rings. The van der Waals surface area contributed by atoms with E-state index in [2.05, 4.69) is 31.2 Å². The number of rotatable bonds is 5. The lowest BCUT2D eigenvalue weighted by molar-refractivity contribution is -0.384. The Morgan fingerprint density at radius 1 is 1.10 bits per heavy atom. The predicted octanol–water partition coefficient (Wildman–Crippen LogP) is 5.68. The minimum atomic E-state index is -4.68. The number of non-ortho nitro benzene ring substituents is 1. The normalized spacial score (nSPS) is 11.2. The zero-order chi connectivity index (χ0) is 21.2. The number of nitro groups is 1. The summed E-state index contributed by atoms with van der Waals surface area (Å²) in [6.45, 7) is 0. The average Bonchev–Trinajstić information content (AvgIpc) is 2.68. The summed E-state index contributed by atoms with van der Waals surface area (Å²) in [5, 5.41) is 13.6. The zero-order valence-corrected chi connectivity index (χ0v) is 16.4. The first kappa shape index (κ1) is 20.5. The number of nitro benzene ring substituents is 1. The molecule has 0 spiro atoms. The number of benzene rings is 2. The average molecular weight is 468 g/mol. The summed E-state index contributed by atoms with van der Waals surface area (Å²) in [7, 11) is 1.39. The minimum absolute atomic E-state index is 0.0240. The highest BCUT2D eigenvalue weighted by Gasteiger charge is 2.36. The Morgan fingerprint density at radius 3 is 2.28 bits per heavy atom. The summed E-state index contributed by atoms with van der Waals surface area (Å²) in [4.78, 5) is 19.2. The van der Waals surface area contributed by atoms with E-state index in [0.29, 0.717) is 17.6 Å². The second kappa shape index (κ2) is 8.03. The van der Waals surface area contributed by atoms with E-state index in [0.717, 1.165) is 4.47 Å². The maximum Gasteiger partial charge on any atom is 0.421 e. The molecule has 0 aliphatic carbocycles. The third-order valence-corrected chi connectivity index (χ3v) is 4.47. The van der Waals surface area contributed by atoms with Gasteiger partial charge in [-0.1, -0.05) is 15.9 Å². The highest BCUT2D eigenvalue weighted by atomic mass is 79.9. The van der Waals surface area contributed by atoms with Gasteiger partial charge in [-0.15, -0.1) is 0 Å². The lowest BCUT2D eigenvalue weighted by Crippen LogP contribution is -2.19. The first-order chi connectivity index (χ1) is 13.6. The van der Waals surface area contributed by atoms with Gasteiger partial charge in [-0.05, 0) is 36.4 Å². The van der Waals surface area contributed by atoms with Crippen molar-refractivity contribution in [2.24, 2.45) is 0 Å². The maximum atomic E-state index is 13.5. The first-order valence-electron chi connectivity index (χ1n) is 8.10. The summed E-state index contributed by atoms with van der Waals surface area (Å²) in [5.74, 6) is -0.412. The monoisotopic (exact) mass is 467 g/mol. The fourth-order valence-corrected chi connectivity index (χ4v) is 2.74. The maximum absolute atomic E-state index is 13.5. The van der Waals surface area contributed by atoms with Crippen LogP contribution in [0.15, 0.2) is 59.2 Å². The quantitative estimate of drug-likeness (QED) is 0.383. The molecule has 1 heterocycles. The Hall–Kier alpha value is -3.21. The van der Waals surface area contributed by atoms with Gasteiger partial charge in [-0.25, -0.2) is 4.98 Å². The third kappa shape index (κ3) is 4.80. The SMILES string of the molecule is CN(c1ccc([N+](=O)[O-])cc1)c1nc(Nc2ccc(Br)cc2)ncc1C(F)(F)F. The molecule has 11 heteroatoms. The summed E-state index contributed by atoms with van der Waals surface area (Å²) in [5.41, 5.74) is -0.301. The van der Waals surface area contributed by atoms with Crippen molar-refractivity contribution in [3.8, 4) is 0 Å². The number of alkyl halides is 3. The molecule has 0 radical (unpaired) electrons. The topological polar surface area (TPSA) is 84.2 Å². The standard InChI is InChI=1S/C18H13BrF3N5O2/c1-26(13-6-8-14(9-7-13)27(28)29)16-15(18(20,21)22)10-23-17(25-16)24-12-4-2-11(19)3-5-12/h2-10H,1H3,(H,23,24,25). The van der Waals surface area contributed by atoms with Gasteiger partial charge in [-0.2, -0.15) is 18.2 Å². The molecule has 150 valence electrons. The molecule has 1 aromatic heterocycles. The Morgan fingerprint density at radius 2 is 1.72 bits per heavy atom. The molecule has 0 amide bonds. The van der Waals surface area contributed by atoms with Crippen LogP contribution in [0.5, 0.6) is 0 Å². The van der Waals surface area contributed by atoms with E-state index in [1.165, 1.54) is 36.2 Å². The molecular weight excluding hydrogens is 455 g/mol. The largest absolute Gasteiger partial charge is 0.421 e. The summed E-state index contributed by atoms with van der Waals surface area (Å²) < 4.78 is 41.3. The number of nitrogens with zero attached hydrogens (tertiary/aromatic N) is 4. The van der Waals surface area contributed by atoms with E-state index in [9.17, 15) is 23.3 Å². The van der Waals surface area contributed by atoms with Crippen LogP contribution in [0, 0.1) is 10.1 Å². The molecule has 2 aromatic carbocycles. The van der Waals surface area contributed by atoms with E-state index in [4.69, 9.17) is 0 Å². The number of hydrogen-bond acceptors (Lipinski definition) is 6. The molecular formula is C18H13BrF3N5O2. The Labute approximate surface area is 171 Å². The van der Waals surface area contributed by atoms with Gasteiger partial charge in [-0.3, -0.25) is 10.1 Å².